The minimum Gasteiger partial charge on any atom is -0.480 e. The van der Waals surface area contributed by atoms with Gasteiger partial charge in [-0.25, -0.2) is 9.98 Å². The van der Waals surface area contributed by atoms with E-state index in [1.807, 2.05) is 13.8 Å². The molecule has 2 aliphatic rings. The summed E-state index contributed by atoms with van der Waals surface area (Å²) < 4.78 is 10.6. The van der Waals surface area contributed by atoms with Crippen LogP contribution in [-0.2, 0) is 19.1 Å². The van der Waals surface area contributed by atoms with E-state index in [0.29, 0.717) is 36.5 Å². The van der Waals surface area contributed by atoms with E-state index in [1.54, 1.807) is 0 Å². The number of carbonyl (C=O) groups is 2. The summed E-state index contributed by atoms with van der Waals surface area (Å²) in [6.07, 6.45) is 0. The Balaban J connectivity index is 1.77. The number of nitrogens with one attached hydrogen (secondary N) is 2. The average Bonchev–Trinajstić information content (AvgIpc) is 2.57. The van der Waals surface area contributed by atoms with E-state index in [2.05, 4.69) is 20.6 Å². The molecule has 10 heteroatoms. The van der Waals surface area contributed by atoms with Gasteiger partial charge in [0.2, 0.25) is 23.6 Å². The number of nitrogens with zero attached hydrogens (tertiary/aromatic N) is 2. The Morgan fingerprint density at radius 2 is 1.33 bits per heavy atom. The van der Waals surface area contributed by atoms with E-state index in [0.717, 1.165) is 0 Å². The Hall–Kier alpha value is -1.42. The first kappa shape index (κ1) is 18.9. The lowest BCUT2D eigenvalue weighted by Crippen LogP contribution is -2.41. The molecule has 0 saturated heterocycles. The van der Waals surface area contributed by atoms with Crippen molar-refractivity contribution in [1.82, 2.24) is 10.6 Å². The highest BCUT2D eigenvalue weighted by Crippen LogP contribution is 2.26. The zero-order valence-electron chi connectivity index (χ0n) is 13.5. The number of ether oxygens (including phenoxy) is 2. The van der Waals surface area contributed by atoms with E-state index < -0.39 is 12.1 Å². The molecule has 2 radical (unpaired) electrons. The van der Waals surface area contributed by atoms with Gasteiger partial charge in [-0.15, -0.1) is 0 Å². The van der Waals surface area contributed by atoms with Crippen LogP contribution < -0.4 is 10.6 Å². The lowest BCUT2D eigenvalue weighted by atomic mass is 10.3. The summed E-state index contributed by atoms with van der Waals surface area (Å²) in [5.74, 6) is 1.52. The molecule has 24 heavy (non-hydrogen) atoms. The number of carbonyl (C=O) groups excluding carboxylic acids is 2. The second-order valence-electron chi connectivity index (χ2n) is 4.71. The summed E-state index contributed by atoms with van der Waals surface area (Å²) in [6, 6.07) is -0.991. The van der Waals surface area contributed by atoms with Crippen molar-refractivity contribution in [3.8, 4) is 0 Å². The van der Waals surface area contributed by atoms with Crippen LogP contribution in [0.25, 0.3) is 0 Å². The summed E-state index contributed by atoms with van der Waals surface area (Å²) in [6.45, 7) is 7.63. The van der Waals surface area contributed by atoms with Crippen LogP contribution in [0.3, 0.4) is 0 Å². The Labute approximate surface area is 149 Å². The topological polar surface area (TPSA) is 101 Å². The lowest BCUT2D eigenvalue weighted by molar-refractivity contribution is -0.122. The van der Waals surface area contributed by atoms with Gasteiger partial charge in [-0.05, 0) is 13.8 Å². The first-order chi connectivity index (χ1) is 11.6. The molecule has 0 spiro atoms. The molecule has 0 bridgehead atoms. The summed E-state index contributed by atoms with van der Waals surface area (Å²) in [5.41, 5.74) is 0. The molecule has 2 heterocycles. The molecule has 0 unspecified atom stereocenters. The Bertz CT molecular complexity index is 481. The van der Waals surface area contributed by atoms with Crippen molar-refractivity contribution in [3.05, 3.63) is 13.1 Å². The van der Waals surface area contributed by atoms with Gasteiger partial charge in [0.15, 0.2) is 0 Å². The predicted molar refractivity (Wildman–Crippen MR) is 95.5 cm³/mol. The van der Waals surface area contributed by atoms with Crippen molar-refractivity contribution >= 4 is 45.2 Å². The molecule has 2 N–H and O–H groups in total. The first-order valence-corrected chi connectivity index (χ1v) is 10.1. The molecule has 0 fully saturated rings. The van der Waals surface area contributed by atoms with Crippen LogP contribution in [0.5, 0.6) is 0 Å². The molecular weight excluding hydrogens is 352 g/mol. The molecule has 0 aromatic rings. The van der Waals surface area contributed by atoms with Crippen molar-refractivity contribution in [2.45, 2.75) is 25.9 Å². The Kier molecular flexibility index (Phi) is 7.70. The van der Waals surface area contributed by atoms with Gasteiger partial charge in [0.05, 0.1) is 13.2 Å². The van der Waals surface area contributed by atoms with Gasteiger partial charge < -0.3 is 20.1 Å². The highest BCUT2D eigenvalue weighted by molar-refractivity contribution is 8.76. The van der Waals surface area contributed by atoms with Crippen molar-refractivity contribution in [2.75, 3.05) is 24.7 Å². The van der Waals surface area contributed by atoms with Crippen molar-refractivity contribution in [1.29, 1.82) is 0 Å². The fourth-order valence-corrected chi connectivity index (χ4v) is 4.11. The van der Waals surface area contributed by atoms with Crippen LogP contribution in [0.15, 0.2) is 9.98 Å². The van der Waals surface area contributed by atoms with Gasteiger partial charge >= 0.3 is 0 Å². The van der Waals surface area contributed by atoms with Crippen molar-refractivity contribution < 1.29 is 19.1 Å². The molecular formula is C14H20N4O4S2. The highest BCUT2D eigenvalue weighted by Gasteiger charge is 2.26. The minimum atomic E-state index is -0.495. The zero-order chi connectivity index (χ0) is 17.4. The standard InChI is InChI=1S/C14H20N4O4S2/c1-3-21-11-5-15-13(19)9(17-11)7-23-24-8-10-14(20)16-6-12(18-10)22-4-2/h5-6,9-10H,3-4,7-8H2,1-2H3,(H,15,19)(H,16,20)/t9-,10+. The van der Waals surface area contributed by atoms with Gasteiger partial charge in [0, 0.05) is 11.5 Å². The smallest absolute Gasteiger partial charge is 0.246 e. The predicted octanol–water partition coefficient (Wildman–Crippen LogP) is 0.558. The molecule has 0 saturated carbocycles. The number of hydrogen-bond acceptors (Lipinski definition) is 8. The quantitative estimate of drug-likeness (QED) is 0.500. The number of aliphatic imine (C=N–C) groups is 2. The first-order valence-electron chi connectivity index (χ1n) is 7.56. The fourth-order valence-electron chi connectivity index (χ4n) is 1.86. The monoisotopic (exact) mass is 372 g/mol. The van der Waals surface area contributed by atoms with Crippen LogP contribution in [0.1, 0.15) is 13.8 Å². The third-order valence-corrected chi connectivity index (χ3v) is 5.35. The van der Waals surface area contributed by atoms with Gasteiger partial charge in [-0.2, -0.15) is 0 Å². The highest BCUT2D eigenvalue weighted by atomic mass is 33.1. The van der Waals surface area contributed by atoms with E-state index in [1.165, 1.54) is 34.7 Å². The molecule has 0 aliphatic carbocycles. The second kappa shape index (κ2) is 9.77. The molecule has 0 aromatic heterocycles. The largest absolute Gasteiger partial charge is 0.480 e. The Morgan fingerprint density at radius 1 is 0.917 bits per heavy atom. The van der Waals surface area contributed by atoms with Gasteiger partial charge in [-0.1, -0.05) is 21.6 Å². The second-order valence-corrected chi connectivity index (χ2v) is 7.26. The summed E-state index contributed by atoms with van der Waals surface area (Å²) in [4.78, 5) is 32.0. The van der Waals surface area contributed by atoms with Crippen molar-refractivity contribution in [2.24, 2.45) is 9.98 Å². The molecule has 2 aliphatic heterocycles. The molecule has 2 atom stereocenters. The normalized spacial score (nSPS) is 23.8. The molecule has 0 aromatic carbocycles. The van der Waals surface area contributed by atoms with Crippen LogP contribution in [-0.4, -0.2) is 60.4 Å². The van der Waals surface area contributed by atoms with E-state index >= 15 is 0 Å². The van der Waals surface area contributed by atoms with Crippen LogP contribution in [0.2, 0.25) is 0 Å². The SMILES string of the molecule is CCOC1=N[C@@H](CSSC[C@H]2N=C(OCC)[CH]NC2=O)C(=O)N[CH]1. The molecule has 132 valence electrons. The van der Waals surface area contributed by atoms with E-state index in [-0.39, 0.29) is 11.8 Å². The lowest BCUT2D eigenvalue weighted by Gasteiger charge is -2.21. The fraction of sp³-hybridized carbons (Fsp3) is 0.571. The van der Waals surface area contributed by atoms with Crippen molar-refractivity contribution in [3.63, 3.8) is 0 Å². The maximum atomic E-state index is 11.8. The van der Waals surface area contributed by atoms with Gasteiger partial charge in [0.25, 0.3) is 0 Å². The molecule has 8 nitrogen and oxygen atoms in total. The van der Waals surface area contributed by atoms with Gasteiger partial charge in [0.1, 0.15) is 25.2 Å². The molecule has 2 rings (SSSR count). The number of rotatable bonds is 7. The van der Waals surface area contributed by atoms with Gasteiger partial charge in [-0.3, -0.25) is 9.59 Å². The summed E-state index contributed by atoms with van der Waals surface area (Å²) in [5, 5.41) is 5.27. The third-order valence-electron chi connectivity index (χ3n) is 2.97. The summed E-state index contributed by atoms with van der Waals surface area (Å²) >= 11 is 0. The molecule has 2 amide bonds. The third kappa shape index (κ3) is 5.59. The van der Waals surface area contributed by atoms with E-state index in [9.17, 15) is 9.59 Å². The maximum Gasteiger partial charge on any atom is 0.246 e. The van der Waals surface area contributed by atoms with E-state index in [4.69, 9.17) is 9.47 Å². The number of amides is 2. The maximum absolute atomic E-state index is 11.8. The van der Waals surface area contributed by atoms with Crippen LogP contribution in [0, 0.1) is 13.1 Å². The zero-order valence-corrected chi connectivity index (χ0v) is 15.1. The average molecular weight is 372 g/mol. The Morgan fingerprint density at radius 3 is 1.71 bits per heavy atom. The minimum absolute atomic E-state index is 0.159. The van der Waals surface area contributed by atoms with Crippen LogP contribution >= 0.6 is 21.6 Å². The number of hydrogen-bond donors (Lipinski definition) is 2. The summed E-state index contributed by atoms with van der Waals surface area (Å²) in [7, 11) is 2.95. The van der Waals surface area contributed by atoms with Crippen LogP contribution in [0.4, 0.5) is 0 Å².